The summed E-state index contributed by atoms with van der Waals surface area (Å²) in [6, 6.07) is 1.78. The fourth-order valence-electron chi connectivity index (χ4n) is 3.83. The molecule has 1 aromatic rings. The molecule has 0 aromatic carbocycles. The van der Waals surface area contributed by atoms with E-state index in [1.807, 2.05) is 32.1 Å². The van der Waals surface area contributed by atoms with E-state index in [4.69, 9.17) is 5.73 Å². The van der Waals surface area contributed by atoms with Crippen molar-refractivity contribution in [2.24, 2.45) is 11.3 Å². The Kier molecular flexibility index (Phi) is 8.00. The van der Waals surface area contributed by atoms with Crippen LogP contribution in [0.25, 0.3) is 0 Å². The predicted molar refractivity (Wildman–Crippen MR) is 105 cm³/mol. The number of nitrogens with two attached hydrogens (primary N) is 1. The maximum absolute atomic E-state index is 12.1. The Labute approximate surface area is 175 Å². The summed E-state index contributed by atoms with van der Waals surface area (Å²) in [4.78, 5) is 16.0. The Hall–Kier alpha value is -0.801. The largest absolute Gasteiger partial charge is 2.00 e. The fourth-order valence-corrected chi connectivity index (χ4v) is 3.83. The van der Waals surface area contributed by atoms with Gasteiger partial charge in [0.15, 0.2) is 0 Å². The number of anilines is 1. The molecular weight excluding hydrogens is 378 g/mol. The van der Waals surface area contributed by atoms with Crippen molar-refractivity contribution in [2.45, 2.75) is 39.7 Å². The van der Waals surface area contributed by atoms with Crippen molar-refractivity contribution in [3.63, 3.8) is 0 Å². The van der Waals surface area contributed by atoms with Crippen LogP contribution in [0.4, 0.5) is 5.82 Å². The van der Waals surface area contributed by atoms with Crippen molar-refractivity contribution in [2.75, 3.05) is 5.73 Å². The molecular formula is C22H27FeN3O+2. The number of rotatable bonds is 2. The van der Waals surface area contributed by atoms with Crippen LogP contribution in [0.15, 0.2) is 17.1 Å². The van der Waals surface area contributed by atoms with E-state index in [1.165, 1.54) is 11.8 Å². The Morgan fingerprint density at radius 3 is 2.22 bits per heavy atom. The van der Waals surface area contributed by atoms with Gasteiger partial charge in [-0.3, -0.25) is 4.57 Å². The first-order chi connectivity index (χ1) is 12.3. The molecule has 5 heteroatoms. The quantitative estimate of drug-likeness (QED) is 0.765. The van der Waals surface area contributed by atoms with Crippen LogP contribution in [-0.4, -0.2) is 9.55 Å². The summed E-state index contributed by atoms with van der Waals surface area (Å²) >= 11 is 0. The average Bonchev–Trinajstić information content (AvgIpc) is 3.27. The van der Waals surface area contributed by atoms with Crippen LogP contribution >= 0.6 is 0 Å². The zero-order valence-corrected chi connectivity index (χ0v) is 17.2. The van der Waals surface area contributed by atoms with Crippen LogP contribution in [0.2, 0.25) is 0 Å². The summed E-state index contributed by atoms with van der Waals surface area (Å²) in [7, 11) is 0. The summed E-state index contributed by atoms with van der Waals surface area (Å²) in [5, 5.41) is 0. The summed E-state index contributed by atoms with van der Waals surface area (Å²) in [5.74, 6) is 3.43. The van der Waals surface area contributed by atoms with Gasteiger partial charge in [0.25, 0.3) is 0 Å². The second-order valence-corrected chi connectivity index (χ2v) is 8.15. The molecule has 2 atom stereocenters. The molecule has 4 nitrogen and oxygen atoms in total. The van der Waals surface area contributed by atoms with E-state index < -0.39 is 0 Å². The van der Waals surface area contributed by atoms with E-state index in [0.717, 1.165) is 12.8 Å². The van der Waals surface area contributed by atoms with Gasteiger partial charge in [-0.05, 0) is 87.5 Å². The van der Waals surface area contributed by atoms with E-state index >= 15 is 0 Å². The molecule has 2 N–H and O–H groups in total. The van der Waals surface area contributed by atoms with Crippen molar-refractivity contribution in [3.8, 4) is 0 Å². The van der Waals surface area contributed by atoms with Crippen molar-refractivity contribution >= 4 is 5.82 Å². The minimum absolute atomic E-state index is 0. The number of nitrogen functional groups attached to an aromatic ring is 1. The fraction of sp³-hybridized carbons (Fsp3) is 0.364. The molecule has 0 unspecified atom stereocenters. The van der Waals surface area contributed by atoms with Crippen molar-refractivity contribution in [1.82, 2.24) is 9.55 Å². The zero-order valence-electron chi connectivity index (χ0n) is 16.1. The molecule has 3 saturated carbocycles. The molecule has 1 heterocycles. The third kappa shape index (κ3) is 5.84. The minimum atomic E-state index is -0.261. The van der Waals surface area contributed by atoms with Gasteiger partial charge in [-0.15, -0.1) is 0 Å². The third-order valence-corrected chi connectivity index (χ3v) is 4.79. The maximum atomic E-state index is 12.1. The van der Waals surface area contributed by atoms with E-state index in [0.29, 0.717) is 5.92 Å². The van der Waals surface area contributed by atoms with E-state index in [-0.39, 0.29) is 40.0 Å². The van der Waals surface area contributed by atoms with Crippen LogP contribution in [0.1, 0.15) is 39.7 Å². The number of nitrogens with zero attached hydrogens (tertiary/aromatic N) is 2. The number of hydrogen-bond donors (Lipinski definition) is 1. The molecule has 0 aliphatic heterocycles. The molecule has 0 amide bonds. The van der Waals surface area contributed by atoms with E-state index in [9.17, 15) is 4.79 Å². The van der Waals surface area contributed by atoms with Gasteiger partial charge in [0, 0.05) is 18.2 Å². The molecule has 3 aliphatic carbocycles. The number of fused-ring (bicyclic) bond motifs is 1. The predicted octanol–water partition coefficient (Wildman–Crippen LogP) is 3.62. The van der Waals surface area contributed by atoms with Gasteiger partial charge < -0.3 is 5.73 Å². The molecule has 1 aromatic heterocycles. The Bertz CT molecular complexity index is 640. The Morgan fingerprint density at radius 2 is 1.67 bits per heavy atom. The standard InChI is InChI=1S/C17H22N3O.C5H5.Fe/c1-17(2,3)10-11-9-14(13-6-4-5-12(11)13)20-8-7-15(18)19-16(20)21;1-2-4-5-3-1;/h4-8,11,14H,9-10H2,1-3H3,(H2,18,19,21);1-5H;/q;;+2/t11-,14+;;/m0../s1. The van der Waals surface area contributed by atoms with Crippen LogP contribution < -0.4 is 11.4 Å². The van der Waals surface area contributed by atoms with Crippen molar-refractivity contribution < 1.29 is 17.1 Å². The first-order valence-electron chi connectivity index (χ1n) is 9.12. The molecule has 142 valence electrons. The van der Waals surface area contributed by atoms with Gasteiger partial charge in [-0.25, -0.2) is 4.79 Å². The summed E-state index contributed by atoms with van der Waals surface area (Å²) in [6.07, 6.45) is 20.3. The van der Waals surface area contributed by atoms with Gasteiger partial charge in [-0.1, -0.05) is 20.8 Å². The second-order valence-electron chi connectivity index (χ2n) is 8.15. The first-order valence-corrected chi connectivity index (χ1v) is 9.12. The molecule has 4 rings (SSSR count). The summed E-state index contributed by atoms with van der Waals surface area (Å²) in [6.45, 7) is 6.79. The molecule has 0 saturated heterocycles. The minimum Gasteiger partial charge on any atom is -0.383 e. The molecule has 10 radical (unpaired) electrons. The molecule has 3 aliphatic rings. The van der Waals surface area contributed by atoms with Crippen LogP contribution in [-0.2, 0) is 17.1 Å². The first kappa shape index (κ1) is 22.5. The normalized spacial score (nSPS) is 25.6. The second kappa shape index (κ2) is 9.60. The number of hydrogen-bond acceptors (Lipinski definition) is 3. The average molecular weight is 405 g/mol. The topological polar surface area (TPSA) is 60.9 Å². The zero-order chi connectivity index (χ0) is 18.7. The summed E-state index contributed by atoms with van der Waals surface area (Å²) < 4.78 is 1.72. The van der Waals surface area contributed by atoms with Crippen molar-refractivity contribution in [1.29, 1.82) is 0 Å². The van der Waals surface area contributed by atoms with Gasteiger partial charge >= 0.3 is 22.8 Å². The maximum Gasteiger partial charge on any atom is 2.00 e. The van der Waals surface area contributed by atoms with Crippen LogP contribution in [0.5, 0.6) is 0 Å². The van der Waals surface area contributed by atoms with Gasteiger partial charge in [0.1, 0.15) is 5.82 Å². The third-order valence-electron chi connectivity index (χ3n) is 4.79. The SMILES string of the molecule is CC(C)(C)C[C@@H]1C[C@@H](n2ccc(N)nc2=O)[C]2[CH][CH][CH][C]21.[CH]1[CH][CH][CH][CH]1.[Fe+2]. The number of aromatic nitrogens is 2. The van der Waals surface area contributed by atoms with E-state index in [1.54, 1.807) is 16.8 Å². The van der Waals surface area contributed by atoms with Gasteiger partial charge in [0.2, 0.25) is 0 Å². The van der Waals surface area contributed by atoms with Gasteiger partial charge in [0.05, 0.1) is 0 Å². The van der Waals surface area contributed by atoms with E-state index in [2.05, 4.69) is 45.0 Å². The van der Waals surface area contributed by atoms with Crippen LogP contribution in [0.3, 0.4) is 0 Å². The molecule has 3 fully saturated rings. The molecule has 0 spiro atoms. The Balaban J connectivity index is 0.000000379. The van der Waals surface area contributed by atoms with Crippen molar-refractivity contribution in [3.05, 3.63) is 85.9 Å². The molecule has 27 heavy (non-hydrogen) atoms. The van der Waals surface area contributed by atoms with Gasteiger partial charge in [-0.2, -0.15) is 4.98 Å². The Morgan fingerprint density at radius 1 is 1.07 bits per heavy atom. The van der Waals surface area contributed by atoms with Crippen LogP contribution in [0, 0.1) is 74.5 Å². The summed E-state index contributed by atoms with van der Waals surface area (Å²) in [5.41, 5.74) is 5.60. The monoisotopic (exact) mass is 405 g/mol. The smallest absolute Gasteiger partial charge is 0.383 e. The molecule has 0 bridgehead atoms.